The first kappa shape index (κ1) is 47.4. The Morgan fingerprint density at radius 2 is 1.65 bits per heavy atom. The highest BCUT2D eigenvalue weighted by molar-refractivity contribution is 5.98. The molecular weight excluding hydrogens is 765 g/mol. The van der Waals surface area contributed by atoms with Crippen LogP contribution in [0, 0.1) is 23.7 Å². The minimum absolute atomic E-state index is 0.00376. The summed E-state index contributed by atoms with van der Waals surface area (Å²) in [5, 5.41) is 20.7. The number of primary amides is 1. The molecule has 0 bridgehead atoms. The van der Waals surface area contributed by atoms with Gasteiger partial charge in [0.1, 0.15) is 23.2 Å². The van der Waals surface area contributed by atoms with E-state index in [1.807, 2.05) is 77.9 Å². The van der Waals surface area contributed by atoms with Crippen LogP contribution in [0.3, 0.4) is 0 Å². The lowest BCUT2D eigenvalue weighted by Gasteiger charge is -2.38. The Labute approximate surface area is 354 Å². The molecule has 1 aliphatic carbocycles. The Bertz CT molecular complexity index is 1870. The lowest BCUT2D eigenvalue weighted by molar-refractivity contribution is -0.148. The zero-order valence-electron chi connectivity index (χ0n) is 36.6. The number of carbonyl (C=O) groups excluding carboxylic acids is 5. The van der Waals surface area contributed by atoms with Crippen molar-refractivity contribution in [2.24, 2.45) is 29.4 Å². The number of nitrogens with two attached hydrogens (primary N) is 1. The Morgan fingerprint density at radius 3 is 2.20 bits per heavy atom. The first-order chi connectivity index (χ1) is 28.3. The molecule has 328 valence electrons. The molecule has 0 spiro atoms. The second-order valence-corrected chi connectivity index (χ2v) is 18.0. The summed E-state index contributed by atoms with van der Waals surface area (Å²) in [7, 11) is 0. The molecule has 1 saturated carbocycles. The summed E-state index contributed by atoms with van der Waals surface area (Å²) in [5.74, 6) is -3.76. The van der Waals surface area contributed by atoms with Crippen LogP contribution in [0.5, 0.6) is 0 Å². The number of nitrogens with one attached hydrogen (secondary N) is 4. The van der Waals surface area contributed by atoms with Crippen molar-refractivity contribution < 1.29 is 33.8 Å². The van der Waals surface area contributed by atoms with E-state index in [1.165, 1.54) is 11.2 Å². The molecule has 0 saturated heterocycles. The van der Waals surface area contributed by atoms with E-state index < -0.39 is 65.1 Å². The van der Waals surface area contributed by atoms with E-state index in [0.29, 0.717) is 24.2 Å². The van der Waals surface area contributed by atoms with Gasteiger partial charge >= 0.3 is 6.09 Å². The summed E-state index contributed by atoms with van der Waals surface area (Å²) in [6.07, 6.45) is 3.95. The number of ether oxygens (including phenoxy) is 1. The maximum atomic E-state index is 14.6. The van der Waals surface area contributed by atoms with Gasteiger partial charge in [0.15, 0.2) is 0 Å². The van der Waals surface area contributed by atoms with Gasteiger partial charge in [-0.3, -0.25) is 24.2 Å². The fourth-order valence-corrected chi connectivity index (χ4v) is 7.73. The molecule has 8 atom stereocenters. The smallest absolute Gasteiger partial charge is 0.408 e. The van der Waals surface area contributed by atoms with E-state index in [0.717, 1.165) is 5.56 Å². The molecule has 4 rings (SSSR count). The summed E-state index contributed by atoms with van der Waals surface area (Å²) in [4.78, 5) is 82.7. The zero-order valence-corrected chi connectivity index (χ0v) is 36.6. The van der Waals surface area contributed by atoms with Crippen LogP contribution in [0.4, 0.5) is 4.79 Å². The van der Waals surface area contributed by atoms with Gasteiger partial charge in [-0.25, -0.2) is 9.78 Å². The molecule has 1 fully saturated rings. The average molecular weight is 831 g/mol. The quantitative estimate of drug-likeness (QED) is 0.0870. The fraction of sp³-hybridized carbons (Fsp3) is 0.578. The number of rotatable bonds is 21. The molecule has 1 aromatic carbocycles. The number of hydrogen-bond acceptors (Lipinski definition) is 9. The number of amides is 5. The van der Waals surface area contributed by atoms with Crippen molar-refractivity contribution in [1.29, 1.82) is 0 Å². The SMILES string of the molecule is CC[C@H](C)[C@@H](C(N)=O)N(Cc1ccccn1)C(=O)[C@@H](C[C@H](O)[C@H](CC(C)C)NC(=O)[C@H](Cc1c[nH]cn1)NC(=O)C1(NC(=O)OC(C)(C)C)CC1c1ccccc1)C(C)C. The Morgan fingerprint density at radius 1 is 0.967 bits per heavy atom. The van der Waals surface area contributed by atoms with Crippen LogP contribution in [-0.4, -0.2) is 90.0 Å². The number of nitrogens with zero attached hydrogens (tertiary/aromatic N) is 3. The van der Waals surface area contributed by atoms with Crippen molar-refractivity contribution in [3.63, 3.8) is 0 Å². The number of carbonyl (C=O) groups is 5. The van der Waals surface area contributed by atoms with Crippen molar-refractivity contribution in [2.75, 3.05) is 0 Å². The molecule has 60 heavy (non-hydrogen) atoms. The van der Waals surface area contributed by atoms with Gasteiger partial charge in [-0.2, -0.15) is 0 Å². The highest BCUT2D eigenvalue weighted by atomic mass is 16.6. The predicted octanol–water partition coefficient (Wildman–Crippen LogP) is 4.77. The molecule has 2 heterocycles. The van der Waals surface area contributed by atoms with Crippen molar-refractivity contribution in [3.8, 4) is 0 Å². The van der Waals surface area contributed by atoms with Crippen LogP contribution >= 0.6 is 0 Å². The Balaban J connectivity index is 1.62. The molecule has 3 aromatic rings. The standard InChI is InChI=1S/C45H66N8O7/c1-10-29(6)38(39(46)55)53(25-31-18-14-15-19-48-31)41(57)33(28(4)5)22-37(54)35(20-27(2)3)50-40(56)36(21-32-24-47-26-49-32)51-42(58)45(52-43(59)60-44(7,8)9)23-34(45)30-16-12-11-13-17-30/h11-19,24,26-29,33-38,54H,10,20-23,25H2,1-9H3,(H2,46,55)(H,47,49)(H,50,56)(H,51,58)(H,52,59)/t29-,33-,34?,35-,36-,37-,38-,45?/m0/s1. The van der Waals surface area contributed by atoms with Crippen molar-refractivity contribution in [3.05, 3.63) is 84.2 Å². The monoisotopic (exact) mass is 831 g/mol. The maximum Gasteiger partial charge on any atom is 0.408 e. The van der Waals surface area contributed by atoms with E-state index in [4.69, 9.17) is 10.5 Å². The van der Waals surface area contributed by atoms with Crippen molar-refractivity contribution in [1.82, 2.24) is 35.8 Å². The van der Waals surface area contributed by atoms with Gasteiger partial charge in [-0.15, -0.1) is 0 Å². The van der Waals surface area contributed by atoms with Crippen LogP contribution in [0.15, 0.2) is 67.3 Å². The lowest BCUT2D eigenvalue weighted by Crippen LogP contribution is -2.59. The molecule has 0 radical (unpaired) electrons. The van der Waals surface area contributed by atoms with Gasteiger partial charge < -0.3 is 41.4 Å². The number of benzene rings is 1. The van der Waals surface area contributed by atoms with Crippen LogP contribution < -0.4 is 21.7 Å². The predicted molar refractivity (Wildman–Crippen MR) is 228 cm³/mol. The normalized spacial score (nSPS) is 19.3. The van der Waals surface area contributed by atoms with Crippen LogP contribution in [0.1, 0.15) is 111 Å². The van der Waals surface area contributed by atoms with E-state index in [2.05, 4.69) is 30.9 Å². The van der Waals surface area contributed by atoms with Gasteiger partial charge in [0.05, 0.1) is 36.4 Å². The molecule has 2 unspecified atom stereocenters. The van der Waals surface area contributed by atoms with Gasteiger partial charge in [0.25, 0.3) is 0 Å². The van der Waals surface area contributed by atoms with Gasteiger partial charge in [0, 0.05) is 30.7 Å². The number of hydrogen-bond donors (Lipinski definition) is 6. The highest BCUT2D eigenvalue weighted by Gasteiger charge is 2.62. The molecule has 1 aliphatic rings. The van der Waals surface area contributed by atoms with E-state index in [9.17, 15) is 29.1 Å². The summed E-state index contributed by atoms with van der Waals surface area (Å²) in [6.45, 7) is 16.7. The fourth-order valence-electron chi connectivity index (χ4n) is 7.73. The molecular formula is C45H66N8O7. The van der Waals surface area contributed by atoms with Gasteiger partial charge in [-0.1, -0.05) is 84.4 Å². The molecule has 5 amide bonds. The first-order valence-electron chi connectivity index (χ1n) is 21.1. The molecule has 7 N–H and O–H groups in total. The number of aliphatic hydroxyl groups excluding tert-OH is 1. The highest BCUT2D eigenvalue weighted by Crippen LogP contribution is 2.52. The van der Waals surface area contributed by atoms with Crippen molar-refractivity contribution >= 4 is 29.7 Å². The third kappa shape index (κ3) is 12.8. The second kappa shape index (κ2) is 20.8. The number of alkyl carbamates (subject to hydrolysis) is 1. The summed E-state index contributed by atoms with van der Waals surface area (Å²) < 4.78 is 5.55. The third-order valence-corrected chi connectivity index (χ3v) is 11.2. The van der Waals surface area contributed by atoms with E-state index in [1.54, 1.807) is 45.3 Å². The number of imidazole rings is 1. The molecule has 15 heteroatoms. The average Bonchev–Trinajstić information content (AvgIpc) is 3.67. The van der Waals surface area contributed by atoms with Gasteiger partial charge in [-0.05, 0) is 75.5 Å². The second-order valence-electron chi connectivity index (χ2n) is 18.0. The number of aliphatic hydroxyl groups is 1. The van der Waals surface area contributed by atoms with Crippen molar-refractivity contribution in [2.45, 2.75) is 142 Å². The maximum absolute atomic E-state index is 14.6. The number of aromatic amines is 1. The first-order valence-corrected chi connectivity index (χ1v) is 21.1. The number of aromatic nitrogens is 3. The minimum atomic E-state index is -1.39. The van der Waals surface area contributed by atoms with E-state index >= 15 is 0 Å². The Kier molecular flexibility index (Phi) is 16.4. The largest absolute Gasteiger partial charge is 0.444 e. The molecule has 15 nitrogen and oxygen atoms in total. The topological polar surface area (TPSA) is 222 Å². The number of pyridine rings is 1. The third-order valence-electron chi connectivity index (χ3n) is 11.2. The van der Waals surface area contributed by atoms with Crippen LogP contribution in [0.2, 0.25) is 0 Å². The summed E-state index contributed by atoms with van der Waals surface area (Å²) in [5.41, 5.74) is 5.68. The molecule has 0 aliphatic heterocycles. The van der Waals surface area contributed by atoms with E-state index in [-0.39, 0.29) is 55.4 Å². The molecule has 2 aromatic heterocycles. The summed E-state index contributed by atoms with van der Waals surface area (Å²) >= 11 is 0. The van der Waals surface area contributed by atoms with Crippen LogP contribution in [0.25, 0.3) is 0 Å². The lowest BCUT2D eigenvalue weighted by atomic mass is 9.84. The van der Waals surface area contributed by atoms with Crippen LogP contribution in [-0.2, 0) is 36.9 Å². The Hall–Kier alpha value is -5.31. The summed E-state index contributed by atoms with van der Waals surface area (Å²) in [6, 6.07) is 11.8. The minimum Gasteiger partial charge on any atom is -0.444 e. The number of H-pyrrole nitrogens is 1. The van der Waals surface area contributed by atoms with Gasteiger partial charge in [0.2, 0.25) is 23.6 Å². The zero-order chi connectivity index (χ0) is 44.4.